The summed E-state index contributed by atoms with van der Waals surface area (Å²) in [6.07, 6.45) is 0. The van der Waals surface area contributed by atoms with E-state index in [9.17, 15) is 4.79 Å². The number of Topliss-reactive ketones (excluding diaryl/α,β-unsaturated/α-hetero) is 1. The van der Waals surface area contributed by atoms with Crippen LogP contribution in [0.4, 0.5) is 0 Å². The summed E-state index contributed by atoms with van der Waals surface area (Å²) in [5.74, 6) is 2.24. The maximum Gasteiger partial charge on any atom is 0.158 e. The van der Waals surface area contributed by atoms with E-state index in [1.165, 1.54) is 4.24 Å². The Morgan fingerprint density at radius 3 is 2.09 bits per heavy atom. The lowest BCUT2D eigenvalue weighted by atomic mass is 9.84. The number of allylic oxidation sites excluding steroid dienone is 1. The summed E-state index contributed by atoms with van der Waals surface area (Å²) < 4.78 is 1.17. The fraction of sp³-hybridized carbons (Fsp3) is 0.211. The summed E-state index contributed by atoms with van der Waals surface area (Å²) in [6.45, 7) is 1.67. The van der Waals surface area contributed by atoms with Crippen LogP contribution < -0.4 is 0 Å². The summed E-state index contributed by atoms with van der Waals surface area (Å²) in [7, 11) is 0. The molecule has 0 aromatic heterocycles. The molecule has 0 N–H and O–H groups in total. The van der Waals surface area contributed by atoms with Crippen LogP contribution in [-0.2, 0) is 4.79 Å². The Labute approximate surface area is 150 Å². The highest BCUT2D eigenvalue weighted by Gasteiger charge is 2.27. The molecular formula is C19H17ClOS2. The first-order valence-electron chi connectivity index (χ1n) is 7.48. The van der Waals surface area contributed by atoms with Gasteiger partial charge in [0, 0.05) is 32.3 Å². The number of hydrogen-bond acceptors (Lipinski definition) is 3. The van der Waals surface area contributed by atoms with Crippen LogP contribution in [0.5, 0.6) is 0 Å². The summed E-state index contributed by atoms with van der Waals surface area (Å²) >= 11 is 9.64. The molecule has 1 unspecified atom stereocenters. The predicted octanol–water partition coefficient (Wildman–Crippen LogP) is 5.75. The SMILES string of the molecule is CC(=O)C(=C1SCCS1)C(c1ccccc1)c1ccc(Cl)cc1. The molecule has 1 aliphatic rings. The van der Waals surface area contributed by atoms with Gasteiger partial charge in [-0.1, -0.05) is 54.1 Å². The highest BCUT2D eigenvalue weighted by molar-refractivity contribution is 8.25. The Hall–Kier alpha value is -1.16. The maximum absolute atomic E-state index is 12.5. The number of benzene rings is 2. The second kappa shape index (κ2) is 7.61. The molecule has 3 rings (SSSR count). The van der Waals surface area contributed by atoms with Gasteiger partial charge in [0.25, 0.3) is 0 Å². The van der Waals surface area contributed by atoms with Gasteiger partial charge in [-0.3, -0.25) is 4.79 Å². The van der Waals surface area contributed by atoms with E-state index in [1.54, 1.807) is 30.4 Å². The highest BCUT2D eigenvalue weighted by Crippen LogP contribution is 2.45. The van der Waals surface area contributed by atoms with Crippen LogP contribution in [0.1, 0.15) is 24.0 Å². The number of halogens is 1. The largest absolute Gasteiger partial charge is 0.295 e. The Balaban J connectivity index is 2.16. The summed E-state index contributed by atoms with van der Waals surface area (Å²) in [5.41, 5.74) is 3.15. The van der Waals surface area contributed by atoms with Gasteiger partial charge in [0.1, 0.15) is 0 Å². The topological polar surface area (TPSA) is 17.1 Å². The minimum Gasteiger partial charge on any atom is -0.295 e. The molecule has 1 saturated heterocycles. The zero-order chi connectivity index (χ0) is 16.2. The maximum atomic E-state index is 12.5. The average molecular weight is 361 g/mol. The molecule has 1 heterocycles. The summed E-state index contributed by atoms with van der Waals surface area (Å²) in [5, 5.41) is 0.710. The summed E-state index contributed by atoms with van der Waals surface area (Å²) in [4.78, 5) is 12.5. The van der Waals surface area contributed by atoms with E-state index in [1.807, 2.05) is 42.5 Å². The monoisotopic (exact) mass is 360 g/mol. The molecule has 118 valence electrons. The van der Waals surface area contributed by atoms with Gasteiger partial charge in [0.15, 0.2) is 5.78 Å². The van der Waals surface area contributed by atoms with E-state index in [4.69, 9.17) is 11.6 Å². The van der Waals surface area contributed by atoms with Crippen molar-refractivity contribution in [2.24, 2.45) is 0 Å². The van der Waals surface area contributed by atoms with Gasteiger partial charge < -0.3 is 0 Å². The highest BCUT2D eigenvalue weighted by atomic mass is 35.5. The van der Waals surface area contributed by atoms with Gasteiger partial charge in [0.05, 0.1) is 0 Å². The lowest BCUT2D eigenvalue weighted by Gasteiger charge is -2.22. The molecule has 23 heavy (non-hydrogen) atoms. The van der Waals surface area contributed by atoms with Crippen LogP contribution in [0, 0.1) is 0 Å². The van der Waals surface area contributed by atoms with Crippen molar-refractivity contribution in [2.75, 3.05) is 11.5 Å². The molecule has 1 aliphatic heterocycles. The first-order valence-corrected chi connectivity index (χ1v) is 9.83. The molecule has 1 fully saturated rings. The number of thioether (sulfide) groups is 2. The lowest BCUT2D eigenvalue weighted by Crippen LogP contribution is -2.12. The van der Waals surface area contributed by atoms with Crippen molar-refractivity contribution in [3.05, 3.63) is 80.6 Å². The van der Waals surface area contributed by atoms with Crippen LogP contribution in [0.25, 0.3) is 0 Å². The Morgan fingerprint density at radius 2 is 1.52 bits per heavy atom. The van der Waals surface area contributed by atoms with Gasteiger partial charge in [-0.25, -0.2) is 0 Å². The molecule has 1 atom stereocenters. The molecular weight excluding hydrogens is 344 g/mol. The van der Waals surface area contributed by atoms with E-state index >= 15 is 0 Å². The molecule has 0 spiro atoms. The molecule has 0 bridgehead atoms. The molecule has 2 aromatic carbocycles. The molecule has 1 nitrogen and oxygen atoms in total. The van der Waals surface area contributed by atoms with Crippen LogP contribution in [0.2, 0.25) is 5.02 Å². The van der Waals surface area contributed by atoms with E-state index in [2.05, 4.69) is 12.1 Å². The van der Waals surface area contributed by atoms with Crippen molar-refractivity contribution in [1.29, 1.82) is 0 Å². The molecule has 0 aliphatic carbocycles. The van der Waals surface area contributed by atoms with Crippen molar-refractivity contribution in [3.63, 3.8) is 0 Å². The van der Waals surface area contributed by atoms with Gasteiger partial charge >= 0.3 is 0 Å². The number of hydrogen-bond donors (Lipinski definition) is 0. The lowest BCUT2D eigenvalue weighted by molar-refractivity contribution is -0.113. The van der Waals surface area contributed by atoms with Crippen LogP contribution >= 0.6 is 35.1 Å². The second-order valence-corrected chi connectivity index (χ2v) is 8.25. The third-order valence-electron chi connectivity index (χ3n) is 3.77. The third-order valence-corrected chi connectivity index (χ3v) is 6.77. The quantitative estimate of drug-likeness (QED) is 0.646. The first-order chi connectivity index (χ1) is 11.2. The minimum absolute atomic E-state index is 0.0425. The van der Waals surface area contributed by atoms with Crippen LogP contribution in [0.3, 0.4) is 0 Å². The van der Waals surface area contributed by atoms with E-state index < -0.39 is 0 Å². The van der Waals surface area contributed by atoms with E-state index in [-0.39, 0.29) is 11.7 Å². The van der Waals surface area contributed by atoms with Crippen LogP contribution in [-0.4, -0.2) is 17.3 Å². The number of ketones is 1. The fourth-order valence-corrected chi connectivity index (χ4v) is 5.59. The van der Waals surface area contributed by atoms with Crippen molar-refractivity contribution in [3.8, 4) is 0 Å². The number of rotatable bonds is 4. The fourth-order valence-electron chi connectivity index (χ4n) is 2.76. The van der Waals surface area contributed by atoms with Gasteiger partial charge in [-0.15, -0.1) is 23.5 Å². The molecule has 4 heteroatoms. The van der Waals surface area contributed by atoms with E-state index in [0.717, 1.165) is 28.2 Å². The van der Waals surface area contributed by atoms with Crippen molar-refractivity contribution < 1.29 is 4.79 Å². The second-order valence-electron chi connectivity index (χ2n) is 5.35. The van der Waals surface area contributed by atoms with Gasteiger partial charge in [-0.05, 0) is 30.2 Å². The molecule has 0 radical (unpaired) electrons. The zero-order valence-corrected chi connectivity index (χ0v) is 15.2. The smallest absolute Gasteiger partial charge is 0.158 e. The average Bonchev–Trinajstić information content (AvgIpc) is 3.08. The van der Waals surface area contributed by atoms with Crippen molar-refractivity contribution in [2.45, 2.75) is 12.8 Å². The zero-order valence-electron chi connectivity index (χ0n) is 12.8. The van der Waals surface area contributed by atoms with Crippen LogP contribution in [0.15, 0.2) is 64.4 Å². The predicted molar refractivity (Wildman–Crippen MR) is 102 cm³/mol. The number of carbonyl (C=O) groups is 1. The van der Waals surface area contributed by atoms with Gasteiger partial charge in [-0.2, -0.15) is 0 Å². The van der Waals surface area contributed by atoms with Crippen molar-refractivity contribution in [1.82, 2.24) is 0 Å². The Kier molecular flexibility index (Phi) is 5.52. The molecule has 2 aromatic rings. The third kappa shape index (κ3) is 3.85. The standard InChI is InChI=1S/C19H17ClOS2/c1-13(21)17(19-22-11-12-23-19)18(14-5-3-2-4-6-14)15-7-9-16(20)10-8-15/h2-10,18H,11-12H2,1H3. The minimum atomic E-state index is -0.0425. The van der Waals surface area contributed by atoms with Gasteiger partial charge in [0.2, 0.25) is 0 Å². The number of carbonyl (C=O) groups excluding carboxylic acids is 1. The Morgan fingerprint density at radius 1 is 0.957 bits per heavy atom. The first kappa shape index (κ1) is 16.7. The van der Waals surface area contributed by atoms with E-state index in [0.29, 0.717) is 5.02 Å². The Bertz CT molecular complexity index is 715. The normalized spacial score (nSPS) is 15.5. The van der Waals surface area contributed by atoms with Crippen molar-refractivity contribution >= 4 is 40.9 Å². The molecule has 0 amide bonds. The summed E-state index contributed by atoms with van der Waals surface area (Å²) in [6, 6.07) is 18.1. The molecule has 0 saturated carbocycles.